The summed E-state index contributed by atoms with van der Waals surface area (Å²) in [5.74, 6) is 0. The molecule has 0 saturated heterocycles. The Kier molecular flexibility index (Phi) is 5.01. The van der Waals surface area contributed by atoms with E-state index < -0.39 is 12.7 Å². The number of hydrogen-bond donors (Lipinski definition) is 2. The molecule has 3 nitrogen and oxygen atoms in total. The van der Waals surface area contributed by atoms with Crippen LogP contribution in [0.3, 0.4) is 0 Å². The molecular weight excluding hydrogens is 223 g/mol. The third kappa shape index (κ3) is 4.67. The van der Waals surface area contributed by atoms with Crippen molar-refractivity contribution in [1.29, 1.82) is 0 Å². The number of alkyl halides is 3. The topological polar surface area (TPSA) is 43.7 Å². The second-order valence-corrected chi connectivity index (χ2v) is 4.27. The van der Waals surface area contributed by atoms with Gasteiger partial charge < -0.3 is 10.2 Å². The van der Waals surface area contributed by atoms with Crippen molar-refractivity contribution in [3.8, 4) is 0 Å². The summed E-state index contributed by atoms with van der Waals surface area (Å²) in [5, 5.41) is 18.0. The Balaban J connectivity index is 2.49. The smallest absolute Gasteiger partial charge is 0.395 e. The van der Waals surface area contributed by atoms with E-state index >= 15 is 0 Å². The molecule has 0 unspecified atom stereocenters. The summed E-state index contributed by atoms with van der Waals surface area (Å²) in [4.78, 5) is 1.27. The van der Waals surface area contributed by atoms with Gasteiger partial charge in [0, 0.05) is 12.6 Å². The molecule has 0 bridgehead atoms. The van der Waals surface area contributed by atoms with Crippen molar-refractivity contribution in [3.05, 3.63) is 0 Å². The minimum Gasteiger partial charge on any atom is -0.395 e. The largest absolute Gasteiger partial charge is 0.401 e. The van der Waals surface area contributed by atoms with E-state index in [0.717, 1.165) is 0 Å². The van der Waals surface area contributed by atoms with Crippen molar-refractivity contribution in [2.24, 2.45) is 0 Å². The van der Waals surface area contributed by atoms with Gasteiger partial charge in [0.1, 0.15) is 0 Å². The first kappa shape index (κ1) is 13.7. The Morgan fingerprint density at radius 1 is 1.12 bits per heavy atom. The van der Waals surface area contributed by atoms with Crippen LogP contribution in [-0.4, -0.2) is 53.1 Å². The van der Waals surface area contributed by atoms with Crippen LogP contribution in [0.25, 0.3) is 0 Å². The fourth-order valence-corrected chi connectivity index (χ4v) is 2.17. The van der Waals surface area contributed by atoms with Gasteiger partial charge in [-0.3, -0.25) is 4.90 Å². The number of nitrogens with zero attached hydrogens (tertiary/aromatic N) is 1. The maximum atomic E-state index is 12.3. The molecule has 0 spiro atoms. The average molecular weight is 241 g/mol. The third-order valence-corrected chi connectivity index (χ3v) is 2.95. The molecule has 96 valence electrons. The van der Waals surface area contributed by atoms with Gasteiger partial charge in [-0.1, -0.05) is 0 Å². The highest BCUT2D eigenvalue weighted by atomic mass is 19.4. The van der Waals surface area contributed by atoms with Crippen LogP contribution in [0.5, 0.6) is 0 Å². The standard InChI is InChI=1S/C10H18F3NO2/c11-10(12,13)7-14(5-6-15)8-1-3-9(16)4-2-8/h8-9,15-16H,1-7H2. The minimum absolute atomic E-state index is 0.0419. The molecule has 6 heteroatoms. The molecular formula is C10H18F3NO2. The maximum Gasteiger partial charge on any atom is 0.401 e. The van der Waals surface area contributed by atoms with Crippen LogP contribution >= 0.6 is 0 Å². The van der Waals surface area contributed by atoms with Crippen molar-refractivity contribution < 1.29 is 23.4 Å². The van der Waals surface area contributed by atoms with Crippen LogP contribution in [0.1, 0.15) is 25.7 Å². The van der Waals surface area contributed by atoms with Crippen molar-refractivity contribution in [2.75, 3.05) is 19.7 Å². The minimum atomic E-state index is -4.23. The van der Waals surface area contributed by atoms with Crippen molar-refractivity contribution >= 4 is 0 Å². The first-order chi connectivity index (χ1) is 7.42. The lowest BCUT2D eigenvalue weighted by molar-refractivity contribution is -0.154. The highest BCUT2D eigenvalue weighted by Crippen LogP contribution is 2.26. The molecule has 0 radical (unpaired) electrons. The Hall–Kier alpha value is -0.330. The predicted molar refractivity (Wildman–Crippen MR) is 53.0 cm³/mol. The number of aliphatic hydroxyl groups excluding tert-OH is 2. The fraction of sp³-hybridized carbons (Fsp3) is 1.00. The monoisotopic (exact) mass is 241 g/mol. The van der Waals surface area contributed by atoms with Gasteiger partial charge >= 0.3 is 6.18 Å². The SMILES string of the molecule is OCCN(CC(F)(F)F)C1CCC(O)CC1. The molecule has 0 aliphatic heterocycles. The van der Waals surface area contributed by atoms with Gasteiger partial charge in [-0.2, -0.15) is 13.2 Å². The van der Waals surface area contributed by atoms with E-state index in [1.54, 1.807) is 0 Å². The summed E-state index contributed by atoms with van der Waals surface area (Å²) in [5.41, 5.74) is 0. The lowest BCUT2D eigenvalue weighted by Crippen LogP contribution is -2.45. The summed E-state index contributed by atoms with van der Waals surface area (Å²) in [7, 11) is 0. The molecule has 0 atom stereocenters. The Bertz CT molecular complexity index is 203. The second-order valence-electron chi connectivity index (χ2n) is 4.27. The van der Waals surface area contributed by atoms with Crippen LogP contribution in [0, 0.1) is 0 Å². The van der Waals surface area contributed by atoms with Gasteiger partial charge in [0.2, 0.25) is 0 Å². The van der Waals surface area contributed by atoms with Crippen LogP contribution in [-0.2, 0) is 0 Å². The normalized spacial score (nSPS) is 27.4. The zero-order valence-electron chi connectivity index (χ0n) is 9.08. The van der Waals surface area contributed by atoms with E-state index in [1.165, 1.54) is 4.90 Å². The molecule has 1 saturated carbocycles. The molecule has 0 heterocycles. The highest BCUT2D eigenvalue weighted by Gasteiger charge is 2.34. The zero-order valence-corrected chi connectivity index (χ0v) is 9.08. The number of aliphatic hydroxyl groups is 2. The molecule has 1 rings (SSSR count). The van der Waals surface area contributed by atoms with E-state index in [1.807, 2.05) is 0 Å². The molecule has 1 fully saturated rings. The van der Waals surface area contributed by atoms with Crippen molar-refractivity contribution in [3.63, 3.8) is 0 Å². The second kappa shape index (κ2) is 5.84. The quantitative estimate of drug-likeness (QED) is 0.776. The molecule has 0 aromatic rings. The van der Waals surface area contributed by atoms with Crippen molar-refractivity contribution in [2.45, 2.75) is 44.0 Å². The van der Waals surface area contributed by atoms with Crippen LogP contribution < -0.4 is 0 Å². The summed E-state index contributed by atoms with van der Waals surface area (Å²) in [6, 6.07) is -0.169. The van der Waals surface area contributed by atoms with Gasteiger partial charge in [0.05, 0.1) is 19.3 Å². The lowest BCUT2D eigenvalue weighted by atomic mass is 9.92. The molecule has 0 aromatic heterocycles. The van der Waals surface area contributed by atoms with Crippen LogP contribution in [0.4, 0.5) is 13.2 Å². The first-order valence-corrected chi connectivity index (χ1v) is 5.52. The zero-order chi connectivity index (χ0) is 12.2. The first-order valence-electron chi connectivity index (χ1n) is 5.52. The van der Waals surface area contributed by atoms with E-state index in [2.05, 4.69) is 0 Å². The average Bonchev–Trinajstić information content (AvgIpc) is 2.16. The van der Waals surface area contributed by atoms with Crippen molar-refractivity contribution in [1.82, 2.24) is 4.90 Å². The molecule has 16 heavy (non-hydrogen) atoms. The maximum absolute atomic E-state index is 12.3. The van der Waals surface area contributed by atoms with Gasteiger partial charge in [-0.15, -0.1) is 0 Å². The number of hydrogen-bond acceptors (Lipinski definition) is 3. The molecule has 1 aliphatic carbocycles. The van der Waals surface area contributed by atoms with Crippen LogP contribution in [0.2, 0.25) is 0 Å². The Labute approximate surface area is 92.9 Å². The Morgan fingerprint density at radius 3 is 2.12 bits per heavy atom. The summed E-state index contributed by atoms with van der Waals surface area (Å²) < 4.78 is 36.9. The Morgan fingerprint density at radius 2 is 1.69 bits per heavy atom. The van der Waals surface area contributed by atoms with E-state index in [-0.39, 0.29) is 25.3 Å². The molecule has 1 aliphatic rings. The molecule has 0 amide bonds. The van der Waals surface area contributed by atoms with Gasteiger partial charge in [-0.05, 0) is 25.7 Å². The summed E-state index contributed by atoms with van der Waals surface area (Å²) in [6.45, 7) is -1.20. The van der Waals surface area contributed by atoms with E-state index in [9.17, 15) is 18.3 Å². The van der Waals surface area contributed by atoms with Crippen LogP contribution in [0.15, 0.2) is 0 Å². The highest BCUT2D eigenvalue weighted by molar-refractivity contribution is 4.80. The molecule has 0 aromatic carbocycles. The predicted octanol–water partition coefficient (Wildman–Crippen LogP) is 1.15. The summed E-state index contributed by atoms with van der Waals surface area (Å²) in [6.07, 6.45) is -2.38. The van der Waals surface area contributed by atoms with Gasteiger partial charge in [0.25, 0.3) is 0 Å². The molecule has 2 N–H and O–H groups in total. The summed E-state index contributed by atoms with van der Waals surface area (Å²) >= 11 is 0. The number of halogens is 3. The lowest BCUT2D eigenvalue weighted by Gasteiger charge is -2.35. The number of rotatable bonds is 4. The fourth-order valence-electron chi connectivity index (χ4n) is 2.17. The van der Waals surface area contributed by atoms with Gasteiger partial charge in [0.15, 0.2) is 0 Å². The van der Waals surface area contributed by atoms with E-state index in [4.69, 9.17) is 5.11 Å². The van der Waals surface area contributed by atoms with Gasteiger partial charge in [-0.25, -0.2) is 0 Å². The van der Waals surface area contributed by atoms with E-state index in [0.29, 0.717) is 25.7 Å². The third-order valence-electron chi connectivity index (χ3n) is 2.95.